The molecule has 3 rings (SSSR count). The first-order chi connectivity index (χ1) is 15.1. The number of nitrogens with zero attached hydrogens (tertiary/aromatic N) is 1. The Morgan fingerprint density at radius 2 is 1.84 bits per heavy atom. The summed E-state index contributed by atoms with van der Waals surface area (Å²) >= 11 is 0. The van der Waals surface area contributed by atoms with Gasteiger partial charge in [-0.05, 0) is 66.5 Å². The van der Waals surface area contributed by atoms with Crippen LogP contribution in [0, 0.1) is 11.3 Å². The van der Waals surface area contributed by atoms with Gasteiger partial charge in [-0.15, -0.1) is 0 Å². The van der Waals surface area contributed by atoms with E-state index < -0.39 is 0 Å². The minimum absolute atomic E-state index is 0.137. The minimum atomic E-state index is -0.209. The molecule has 0 spiro atoms. The Morgan fingerprint density at radius 3 is 2.44 bits per heavy atom. The van der Waals surface area contributed by atoms with E-state index in [2.05, 4.69) is 76.9 Å². The average Bonchev–Trinajstić information content (AvgIpc) is 3.17. The third kappa shape index (κ3) is 5.41. The molecule has 1 aliphatic carbocycles. The van der Waals surface area contributed by atoms with Crippen molar-refractivity contribution in [2.75, 3.05) is 6.54 Å². The maximum atomic E-state index is 14.0. The molecule has 0 saturated heterocycles. The molecule has 2 atom stereocenters. The van der Waals surface area contributed by atoms with Gasteiger partial charge in [-0.2, -0.15) is 0 Å². The van der Waals surface area contributed by atoms with Gasteiger partial charge in [-0.25, -0.2) is 0 Å². The van der Waals surface area contributed by atoms with Gasteiger partial charge in [0.15, 0.2) is 0 Å². The number of nitrogens with one attached hydrogen (secondary N) is 1. The van der Waals surface area contributed by atoms with Crippen LogP contribution in [0.15, 0.2) is 18.2 Å². The number of hydrogen-bond acceptors (Lipinski definition) is 2. The smallest absolute Gasteiger partial charge is 0.229 e. The van der Waals surface area contributed by atoms with Crippen LogP contribution in [0.5, 0.6) is 0 Å². The lowest BCUT2D eigenvalue weighted by Crippen LogP contribution is -2.48. The predicted molar refractivity (Wildman–Crippen MR) is 136 cm³/mol. The van der Waals surface area contributed by atoms with Crippen LogP contribution in [0.1, 0.15) is 110 Å². The van der Waals surface area contributed by atoms with E-state index in [0.717, 1.165) is 38.8 Å². The first kappa shape index (κ1) is 25.3. The quantitative estimate of drug-likeness (QED) is 0.492. The summed E-state index contributed by atoms with van der Waals surface area (Å²) in [6.07, 6.45) is 9.07. The van der Waals surface area contributed by atoms with Crippen molar-refractivity contribution in [1.82, 2.24) is 10.2 Å². The summed E-state index contributed by atoms with van der Waals surface area (Å²) in [5, 5.41) is 3.95. The molecule has 0 bridgehead atoms. The maximum Gasteiger partial charge on any atom is 0.229 e. The molecule has 0 aromatic heterocycles. The molecule has 2 aliphatic rings. The number of benzene rings is 1. The molecule has 0 unspecified atom stereocenters. The summed E-state index contributed by atoms with van der Waals surface area (Å²) in [5.41, 5.74) is 4.08. The molecule has 32 heavy (non-hydrogen) atoms. The fraction of sp³-hybridized carbons (Fsp3) is 0.759. The zero-order valence-corrected chi connectivity index (χ0v) is 21.9. The van der Waals surface area contributed by atoms with Gasteiger partial charge in [0.1, 0.15) is 0 Å². The highest BCUT2D eigenvalue weighted by molar-refractivity contribution is 5.84. The van der Waals surface area contributed by atoms with E-state index in [-0.39, 0.29) is 10.8 Å². The number of rotatable bonds is 8. The Hall–Kier alpha value is -1.35. The molecule has 0 radical (unpaired) electrons. The first-order valence-corrected chi connectivity index (χ1v) is 13.3. The number of amides is 1. The molecule has 1 amide bonds. The predicted octanol–water partition coefficient (Wildman–Crippen LogP) is 6.62. The summed E-state index contributed by atoms with van der Waals surface area (Å²) in [7, 11) is 0. The first-order valence-electron chi connectivity index (χ1n) is 13.3. The zero-order valence-electron chi connectivity index (χ0n) is 21.9. The number of fused-ring (bicyclic) bond motifs is 1. The number of carbonyl (C=O) groups excluding carboxylic acids is 1. The second kappa shape index (κ2) is 10.3. The summed E-state index contributed by atoms with van der Waals surface area (Å²) in [6, 6.07) is 8.02. The second-order valence-electron chi connectivity index (χ2n) is 11.9. The SMILES string of the molecule is CCCC(CCC)N[C@@H]1CC[C@@](C(=O)N2CCc3ccc(C(C)(C)C)cc3C2)(C(C)C)C1. The van der Waals surface area contributed by atoms with Crippen LogP contribution in [0.25, 0.3) is 0 Å². The molecule has 1 fully saturated rings. The van der Waals surface area contributed by atoms with E-state index in [4.69, 9.17) is 0 Å². The van der Waals surface area contributed by atoms with Gasteiger partial charge in [-0.3, -0.25) is 4.79 Å². The van der Waals surface area contributed by atoms with Gasteiger partial charge in [0.05, 0.1) is 5.41 Å². The van der Waals surface area contributed by atoms with Crippen LogP contribution in [0.3, 0.4) is 0 Å². The highest BCUT2D eigenvalue weighted by Gasteiger charge is 2.49. The van der Waals surface area contributed by atoms with E-state index in [1.165, 1.54) is 42.4 Å². The maximum absolute atomic E-state index is 14.0. The van der Waals surface area contributed by atoms with Crippen molar-refractivity contribution in [3.8, 4) is 0 Å². The fourth-order valence-electron chi connectivity index (χ4n) is 6.04. The largest absolute Gasteiger partial charge is 0.338 e. The van der Waals surface area contributed by atoms with E-state index in [0.29, 0.717) is 23.9 Å². The second-order valence-corrected chi connectivity index (χ2v) is 11.9. The van der Waals surface area contributed by atoms with E-state index >= 15 is 0 Å². The normalized spacial score (nSPS) is 23.8. The van der Waals surface area contributed by atoms with Crippen molar-refractivity contribution in [3.05, 3.63) is 34.9 Å². The Labute approximate surface area is 197 Å². The molecule has 1 N–H and O–H groups in total. The molecule has 180 valence electrons. The summed E-state index contributed by atoms with van der Waals surface area (Å²) in [6.45, 7) is 17.5. The summed E-state index contributed by atoms with van der Waals surface area (Å²) in [5.74, 6) is 0.783. The van der Waals surface area contributed by atoms with Crippen molar-refractivity contribution in [3.63, 3.8) is 0 Å². The van der Waals surface area contributed by atoms with Gasteiger partial charge in [0.2, 0.25) is 5.91 Å². The van der Waals surface area contributed by atoms with E-state index in [9.17, 15) is 4.79 Å². The minimum Gasteiger partial charge on any atom is -0.338 e. The number of carbonyl (C=O) groups is 1. The van der Waals surface area contributed by atoms with Crippen molar-refractivity contribution in [1.29, 1.82) is 0 Å². The van der Waals surface area contributed by atoms with Gasteiger partial charge in [0.25, 0.3) is 0 Å². The zero-order chi connectivity index (χ0) is 23.5. The van der Waals surface area contributed by atoms with Crippen molar-refractivity contribution in [2.45, 2.75) is 124 Å². The van der Waals surface area contributed by atoms with Gasteiger partial charge < -0.3 is 10.2 Å². The molecule has 1 aliphatic heterocycles. The Kier molecular flexibility index (Phi) is 8.12. The van der Waals surface area contributed by atoms with Crippen LogP contribution >= 0.6 is 0 Å². The average molecular weight is 441 g/mol. The van der Waals surface area contributed by atoms with Crippen molar-refractivity contribution >= 4 is 5.91 Å². The topological polar surface area (TPSA) is 32.3 Å². The van der Waals surface area contributed by atoms with Gasteiger partial charge >= 0.3 is 0 Å². The molecule has 1 aromatic rings. The van der Waals surface area contributed by atoms with Crippen LogP contribution < -0.4 is 5.32 Å². The van der Waals surface area contributed by atoms with Crippen LogP contribution in [-0.2, 0) is 23.2 Å². The lowest BCUT2D eigenvalue weighted by Gasteiger charge is -2.40. The molecular weight excluding hydrogens is 392 g/mol. The lowest BCUT2D eigenvalue weighted by molar-refractivity contribution is -0.145. The van der Waals surface area contributed by atoms with Gasteiger partial charge in [-0.1, -0.05) is 79.5 Å². The number of hydrogen-bond donors (Lipinski definition) is 1. The van der Waals surface area contributed by atoms with E-state index in [1.54, 1.807) is 0 Å². The van der Waals surface area contributed by atoms with Crippen LogP contribution in [-0.4, -0.2) is 29.4 Å². The molecule has 1 aromatic carbocycles. The Balaban J connectivity index is 1.75. The third-order valence-electron chi connectivity index (χ3n) is 8.20. The molecule has 3 nitrogen and oxygen atoms in total. The monoisotopic (exact) mass is 440 g/mol. The van der Waals surface area contributed by atoms with Crippen LogP contribution in [0.2, 0.25) is 0 Å². The van der Waals surface area contributed by atoms with Gasteiger partial charge in [0, 0.05) is 25.2 Å². The molecular formula is C29H48N2O. The standard InChI is InChI=1S/C29H48N2O/c1-8-10-25(11-9-2)30-26-14-16-29(19-26,21(3)4)27(32)31-17-15-22-12-13-24(28(5,6)7)18-23(22)20-31/h12-13,18,21,25-26,30H,8-11,14-17,19-20H2,1-7H3/t26-,29+/m1/s1. The molecule has 1 saturated carbocycles. The van der Waals surface area contributed by atoms with Crippen LogP contribution in [0.4, 0.5) is 0 Å². The summed E-state index contributed by atoms with van der Waals surface area (Å²) in [4.78, 5) is 16.2. The highest BCUT2D eigenvalue weighted by atomic mass is 16.2. The lowest BCUT2D eigenvalue weighted by atomic mass is 9.73. The highest BCUT2D eigenvalue weighted by Crippen LogP contribution is 2.46. The Bertz CT molecular complexity index is 772. The summed E-state index contributed by atoms with van der Waals surface area (Å²) < 4.78 is 0. The third-order valence-corrected chi connectivity index (χ3v) is 8.20. The van der Waals surface area contributed by atoms with Crippen molar-refractivity contribution in [2.24, 2.45) is 11.3 Å². The van der Waals surface area contributed by atoms with Crippen molar-refractivity contribution < 1.29 is 4.79 Å². The fourth-order valence-corrected chi connectivity index (χ4v) is 6.04. The molecule has 1 heterocycles. The van der Waals surface area contributed by atoms with E-state index in [1.807, 2.05) is 0 Å². The Morgan fingerprint density at radius 1 is 1.16 bits per heavy atom. The molecule has 3 heteroatoms.